The first-order valence-corrected chi connectivity index (χ1v) is 5.04. The van der Waals surface area contributed by atoms with Crippen LogP contribution in [0, 0.1) is 5.92 Å². The number of hydrogen-bond acceptors (Lipinski definition) is 3. The molecule has 0 aromatic rings. The second-order valence-corrected chi connectivity index (χ2v) is 4.20. The molecule has 0 aromatic carbocycles. The van der Waals surface area contributed by atoms with Crippen LogP contribution in [0.4, 0.5) is 4.39 Å². The highest BCUT2D eigenvalue weighted by molar-refractivity contribution is 5.75. The van der Waals surface area contributed by atoms with Crippen molar-refractivity contribution in [3.63, 3.8) is 0 Å². The molecule has 0 radical (unpaired) electrons. The minimum Gasteiger partial charge on any atom is -0.464 e. The van der Waals surface area contributed by atoms with Crippen LogP contribution in [0.3, 0.4) is 0 Å². The molecule has 1 aliphatic rings. The number of rotatable bonds is 3. The van der Waals surface area contributed by atoms with E-state index in [0.717, 1.165) is 6.54 Å². The van der Waals surface area contributed by atoms with Crippen LogP contribution in [0.1, 0.15) is 27.2 Å². The first-order valence-electron chi connectivity index (χ1n) is 5.04. The number of ether oxygens (including phenoxy) is 1. The summed E-state index contributed by atoms with van der Waals surface area (Å²) in [4.78, 5) is 11.2. The molecule has 1 fully saturated rings. The van der Waals surface area contributed by atoms with Crippen LogP contribution in [-0.4, -0.2) is 30.8 Å². The molecule has 0 amide bonds. The first-order chi connectivity index (χ1) is 6.49. The van der Waals surface area contributed by atoms with Crippen molar-refractivity contribution in [2.24, 2.45) is 5.92 Å². The van der Waals surface area contributed by atoms with Gasteiger partial charge in [-0.3, -0.25) is 0 Å². The van der Waals surface area contributed by atoms with E-state index in [1.807, 2.05) is 13.8 Å². The number of carbonyl (C=O) groups is 1. The third-order valence-corrected chi connectivity index (χ3v) is 2.83. The lowest BCUT2D eigenvalue weighted by atomic mass is 9.85. The Kier molecular flexibility index (Phi) is 3.48. The molecule has 1 N–H and O–H groups in total. The van der Waals surface area contributed by atoms with Crippen LogP contribution in [0.15, 0.2) is 0 Å². The monoisotopic (exact) mass is 203 g/mol. The molecular weight excluding hydrogens is 185 g/mol. The van der Waals surface area contributed by atoms with Gasteiger partial charge in [0, 0.05) is 11.5 Å². The maximum atomic E-state index is 13.7. The maximum absolute atomic E-state index is 13.7. The molecule has 1 aliphatic heterocycles. The van der Waals surface area contributed by atoms with Crippen molar-refractivity contribution in [1.82, 2.24) is 5.32 Å². The Bertz CT molecular complexity index is 218. The van der Waals surface area contributed by atoms with Gasteiger partial charge in [-0.25, -0.2) is 9.18 Å². The molecule has 0 spiro atoms. The minimum absolute atomic E-state index is 0.236. The average Bonchev–Trinajstić information content (AvgIpc) is 2.44. The highest BCUT2D eigenvalue weighted by Crippen LogP contribution is 2.31. The van der Waals surface area contributed by atoms with E-state index in [4.69, 9.17) is 0 Å². The van der Waals surface area contributed by atoms with E-state index in [1.165, 1.54) is 0 Å². The number of halogens is 1. The summed E-state index contributed by atoms with van der Waals surface area (Å²) in [6.45, 7) is 6.51. The zero-order valence-electron chi connectivity index (χ0n) is 8.97. The molecule has 0 aliphatic carbocycles. The molecule has 1 heterocycles. The Morgan fingerprint density at radius 3 is 2.79 bits per heavy atom. The van der Waals surface area contributed by atoms with Gasteiger partial charge < -0.3 is 10.1 Å². The van der Waals surface area contributed by atoms with Crippen molar-refractivity contribution >= 4 is 5.97 Å². The lowest BCUT2D eigenvalue weighted by molar-refractivity contribution is -0.152. The van der Waals surface area contributed by atoms with E-state index in [1.54, 1.807) is 6.92 Å². The predicted molar refractivity (Wildman–Crippen MR) is 51.7 cm³/mol. The second kappa shape index (κ2) is 4.26. The standard InChI is InChI=1S/C10H18FNO2/c1-4-14-9(13)8(11)7-5-6-12-10(7,2)3/h7-8,12H,4-6H2,1-3H3. The SMILES string of the molecule is CCOC(=O)C(F)C1CCNC1(C)C. The molecule has 2 unspecified atom stereocenters. The zero-order valence-corrected chi connectivity index (χ0v) is 8.97. The largest absolute Gasteiger partial charge is 0.464 e. The van der Waals surface area contributed by atoms with Gasteiger partial charge in [0.2, 0.25) is 6.17 Å². The molecule has 0 saturated carbocycles. The minimum atomic E-state index is -1.50. The molecule has 1 saturated heterocycles. The Labute approximate surface area is 84.0 Å². The van der Waals surface area contributed by atoms with Crippen LogP contribution < -0.4 is 5.32 Å². The quantitative estimate of drug-likeness (QED) is 0.702. The van der Waals surface area contributed by atoms with Crippen LogP contribution in [0.2, 0.25) is 0 Å². The molecule has 14 heavy (non-hydrogen) atoms. The average molecular weight is 203 g/mol. The summed E-state index contributed by atoms with van der Waals surface area (Å²) in [5.74, 6) is -1.00. The van der Waals surface area contributed by atoms with Gasteiger partial charge in [-0.15, -0.1) is 0 Å². The number of alkyl halides is 1. The fourth-order valence-corrected chi connectivity index (χ4v) is 1.94. The van der Waals surface area contributed by atoms with E-state index in [0.29, 0.717) is 6.42 Å². The summed E-state index contributed by atoms with van der Waals surface area (Å²) in [7, 11) is 0. The number of esters is 1. The third-order valence-electron chi connectivity index (χ3n) is 2.83. The van der Waals surface area contributed by atoms with Crippen molar-refractivity contribution in [2.45, 2.75) is 38.9 Å². The van der Waals surface area contributed by atoms with E-state index < -0.39 is 12.1 Å². The normalized spacial score (nSPS) is 27.3. The molecule has 0 bridgehead atoms. The summed E-state index contributed by atoms with van der Waals surface area (Å²) in [5.41, 5.74) is -0.313. The van der Waals surface area contributed by atoms with E-state index in [-0.39, 0.29) is 18.1 Å². The van der Waals surface area contributed by atoms with Gasteiger partial charge in [0.05, 0.1) is 6.61 Å². The second-order valence-electron chi connectivity index (χ2n) is 4.20. The van der Waals surface area contributed by atoms with Crippen LogP contribution in [-0.2, 0) is 9.53 Å². The predicted octanol–water partition coefficient (Wildman–Crippen LogP) is 1.28. The van der Waals surface area contributed by atoms with Gasteiger partial charge >= 0.3 is 5.97 Å². The maximum Gasteiger partial charge on any atom is 0.341 e. The number of hydrogen-bond donors (Lipinski definition) is 1. The van der Waals surface area contributed by atoms with Crippen LogP contribution in [0.25, 0.3) is 0 Å². The van der Waals surface area contributed by atoms with Gasteiger partial charge in [-0.2, -0.15) is 0 Å². The van der Waals surface area contributed by atoms with Crippen molar-refractivity contribution in [1.29, 1.82) is 0 Å². The highest BCUT2D eigenvalue weighted by atomic mass is 19.1. The van der Waals surface area contributed by atoms with Gasteiger partial charge in [0.15, 0.2) is 0 Å². The lowest BCUT2D eigenvalue weighted by Crippen LogP contribution is -2.44. The van der Waals surface area contributed by atoms with Gasteiger partial charge in [0.1, 0.15) is 0 Å². The van der Waals surface area contributed by atoms with E-state index in [2.05, 4.69) is 10.1 Å². The van der Waals surface area contributed by atoms with Gasteiger partial charge in [-0.1, -0.05) is 0 Å². The first kappa shape index (κ1) is 11.4. The van der Waals surface area contributed by atoms with E-state index in [9.17, 15) is 9.18 Å². The molecular formula is C10H18FNO2. The molecule has 1 rings (SSSR count). The molecule has 4 heteroatoms. The molecule has 2 atom stereocenters. The van der Waals surface area contributed by atoms with Crippen molar-refractivity contribution in [2.75, 3.05) is 13.2 Å². The zero-order chi connectivity index (χ0) is 10.8. The number of carbonyl (C=O) groups excluding carboxylic acids is 1. The topological polar surface area (TPSA) is 38.3 Å². The Balaban J connectivity index is 2.60. The number of nitrogens with one attached hydrogen (secondary N) is 1. The summed E-state index contributed by atoms with van der Waals surface area (Å²) >= 11 is 0. The van der Waals surface area contributed by atoms with Crippen LogP contribution in [0.5, 0.6) is 0 Å². The third kappa shape index (κ3) is 2.23. The summed E-state index contributed by atoms with van der Waals surface area (Å²) in [6, 6.07) is 0. The Morgan fingerprint density at radius 1 is 1.71 bits per heavy atom. The fraction of sp³-hybridized carbons (Fsp3) is 0.900. The van der Waals surface area contributed by atoms with Crippen LogP contribution >= 0.6 is 0 Å². The highest BCUT2D eigenvalue weighted by Gasteiger charge is 2.43. The summed E-state index contributed by atoms with van der Waals surface area (Å²) < 4.78 is 18.3. The molecule has 82 valence electrons. The van der Waals surface area contributed by atoms with Crippen molar-refractivity contribution in [3.8, 4) is 0 Å². The smallest absolute Gasteiger partial charge is 0.341 e. The fourth-order valence-electron chi connectivity index (χ4n) is 1.94. The molecule has 3 nitrogen and oxygen atoms in total. The lowest BCUT2D eigenvalue weighted by Gasteiger charge is -2.28. The van der Waals surface area contributed by atoms with Crippen molar-refractivity contribution < 1.29 is 13.9 Å². The van der Waals surface area contributed by atoms with Gasteiger partial charge in [-0.05, 0) is 33.7 Å². The summed E-state index contributed by atoms with van der Waals surface area (Å²) in [6.07, 6.45) is -0.813. The Hall–Kier alpha value is -0.640. The molecule has 0 aromatic heterocycles. The van der Waals surface area contributed by atoms with E-state index >= 15 is 0 Å². The summed E-state index contributed by atoms with van der Waals surface area (Å²) in [5, 5.41) is 3.18. The Morgan fingerprint density at radius 2 is 2.36 bits per heavy atom. The van der Waals surface area contributed by atoms with Gasteiger partial charge in [0.25, 0.3) is 0 Å². The van der Waals surface area contributed by atoms with Crippen molar-refractivity contribution in [3.05, 3.63) is 0 Å².